The third-order valence-corrected chi connectivity index (χ3v) is 3.27. The van der Waals surface area contributed by atoms with Crippen molar-refractivity contribution in [3.05, 3.63) is 30.1 Å². The second-order valence-corrected chi connectivity index (χ2v) is 5.24. The van der Waals surface area contributed by atoms with Crippen LogP contribution in [0.2, 0.25) is 0 Å². The average Bonchev–Trinajstić information content (AvgIpc) is 2.36. The summed E-state index contributed by atoms with van der Waals surface area (Å²) in [5.74, 6) is 0.578. The Morgan fingerprint density at radius 2 is 2.18 bits per heavy atom. The molecule has 96 valence electrons. The van der Waals surface area contributed by atoms with E-state index >= 15 is 0 Å². The minimum atomic E-state index is 0.0636. The molecule has 1 atom stereocenters. The number of nitrogens with zero attached hydrogens (tertiary/aromatic N) is 1. The highest BCUT2D eigenvalue weighted by Crippen LogP contribution is 2.19. The molecular formula is C14H25N3. The SMILES string of the molecule is CCC(CN)CNCC(C)(C)c1ccccn1. The summed E-state index contributed by atoms with van der Waals surface area (Å²) in [6.07, 6.45) is 2.99. The van der Waals surface area contributed by atoms with E-state index in [1.807, 2.05) is 18.3 Å². The van der Waals surface area contributed by atoms with Crippen molar-refractivity contribution < 1.29 is 0 Å². The summed E-state index contributed by atoms with van der Waals surface area (Å²) in [6, 6.07) is 6.08. The first-order valence-corrected chi connectivity index (χ1v) is 6.42. The zero-order valence-corrected chi connectivity index (χ0v) is 11.2. The third-order valence-electron chi connectivity index (χ3n) is 3.27. The van der Waals surface area contributed by atoms with Crippen LogP contribution in [0.1, 0.15) is 32.9 Å². The molecular weight excluding hydrogens is 210 g/mol. The van der Waals surface area contributed by atoms with E-state index in [1.54, 1.807) is 0 Å². The van der Waals surface area contributed by atoms with Gasteiger partial charge in [0.25, 0.3) is 0 Å². The van der Waals surface area contributed by atoms with Crippen molar-refractivity contribution >= 4 is 0 Å². The number of nitrogens with one attached hydrogen (secondary N) is 1. The van der Waals surface area contributed by atoms with E-state index in [0.29, 0.717) is 5.92 Å². The number of pyridine rings is 1. The van der Waals surface area contributed by atoms with Gasteiger partial charge in [-0.1, -0.05) is 33.3 Å². The van der Waals surface area contributed by atoms with Crippen LogP contribution in [0, 0.1) is 5.92 Å². The van der Waals surface area contributed by atoms with Crippen LogP contribution in [0.5, 0.6) is 0 Å². The van der Waals surface area contributed by atoms with Gasteiger partial charge in [0.2, 0.25) is 0 Å². The van der Waals surface area contributed by atoms with Gasteiger partial charge >= 0.3 is 0 Å². The van der Waals surface area contributed by atoms with Crippen molar-refractivity contribution in [3.8, 4) is 0 Å². The van der Waals surface area contributed by atoms with Crippen LogP contribution >= 0.6 is 0 Å². The molecule has 1 rings (SSSR count). The Balaban J connectivity index is 2.45. The van der Waals surface area contributed by atoms with Crippen molar-refractivity contribution in [2.24, 2.45) is 11.7 Å². The normalized spacial score (nSPS) is 13.6. The molecule has 0 aliphatic heterocycles. The lowest BCUT2D eigenvalue weighted by molar-refractivity contribution is 0.409. The van der Waals surface area contributed by atoms with E-state index in [4.69, 9.17) is 5.73 Å². The van der Waals surface area contributed by atoms with Crippen molar-refractivity contribution in [2.45, 2.75) is 32.6 Å². The number of hydrogen-bond donors (Lipinski definition) is 2. The molecule has 0 spiro atoms. The van der Waals surface area contributed by atoms with E-state index in [1.165, 1.54) is 0 Å². The lowest BCUT2D eigenvalue weighted by atomic mass is 9.88. The summed E-state index contributed by atoms with van der Waals surface area (Å²) in [7, 11) is 0. The summed E-state index contributed by atoms with van der Waals surface area (Å²) in [5, 5.41) is 3.51. The zero-order chi connectivity index (χ0) is 12.7. The van der Waals surface area contributed by atoms with E-state index in [2.05, 4.69) is 37.1 Å². The van der Waals surface area contributed by atoms with Gasteiger partial charge in [0, 0.05) is 23.9 Å². The Bertz CT molecular complexity index is 305. The molecule has 0 bridgehead atoms. The molecule has 3 heteroatoms. The highest BCUT2D eigenvalue weighted by atomic mass is 14.9. The minimum absolute atomic E-state index is 0.0636. The molecule has 0 saturated heterocycles. The summed E-state index contributed by atoms with van der Waals surface area (Å²) >= 11 is 0. The maximum absolute atomic E-state index is 5.69. The fourth-order valence-electron chi connectivity index (χ4n) is 1.84. The van der Waals surface area contributed by atoms with E-state index in [9.17, 15) is 0 Å². The molecule has 0 aromatic carbocycles. The highest BCUT2D eigenvalue weighted by molar-refractivity contribution is 5.14. The predicted octanol–water partition coefficient (Wildman–Crippen LogP) is 1.93. The monoisotopic (exact) mass is 235 g/mol. The van der Waals surface area contributed by atoms with Crippen LogP contribution in [0.15, 0.2) is 24.4 Å². The lowest BCUT2D eigenvalue weighted by Gasteiger charge is -2.25. The molecule has 1 aromatic rings. The van der Waals surface area contributed by atoms with Gasteiger partial charge in [-0.3, -0.25) is 4.98 Å². The van der Waals surface area contributed by atoms with Crippen molar-refractivity contribution in [1.29, 1.82) is 0 Å². The van der Waals surface area contributed by atoms with Crippen molar-refractivity contribution in [2.75, 3.05) is 19.6 Å². The fourth-order valence-corrected chi connectivity index (χ4v) is 1.84. The van der Waals surface area contributed by atoms with Crippen LogP contribution in [0.25, 0.3) is 0 Å². The molecule has 1 heterocycles. The average molecular weight is 235 g/mol. The van der Waals surface area contributed by atoms with Crippen LogP contribution in [-0.4, -0.2) is 24.6 Å². The molecule has 0 radical (unpaired) electrons. The quantitative estimate of drug-likeness (QED) is 0.759. The van der Waals surface area contributed by atoms with Crippen molar-refractivity contribution in [3.63, 3.8) is 0 Å². The molecule has 1 unspecified atom stereocenters. The number of nitrogens with two attached hydrogens (primary N) is 1. The zero-order valence-electron chi connectivity index (χ0n) is 11.2. The molecule has 3 N–H and O–H groups in total. The van der Waals surface area contributed by atoms with Gasteiger partial charge in [0.1, 0.15) is 0 Å². The fraction of sp³-hybridized carbons (Fsp3) is 0.643. The largest absolute Gasteiger partial charge is 0.330 e. The van der Waals surface area contributed by atoms with E-state index in [0.717, 1.165) is 31.7 Å². The van der Waals surface area contributed by atoms with Gasteiger partial charge in [-0.25, -0.2) is 0 Å². The molecule has 3 nitrogen and oxygen atoms in total. The summed E-state index contributed by atoms with van der Waals surface area (Å²) in [6.45, 7) is 9.29. The number of rotatable bonds is 7. The molecule has 1 aromatic heterocycles. The Hall–Kier alpha value is -0.930. The van der Waals surface area contributed by atoms with Gasteiger partial charge in [-0.15, -0.1) is 0 Å². The Labute approximate surface area is 105 Å². The molecule has 0 aliphatic carbocycles. The third kappa shape index (κ3) is 4.44. The topological polar surface area (TPSA) is 50.9 Å². The molecule has 0 amide bonds. The first kappa shape index (κ1) is 14.1. The highest BCUT2D eigenvalue weighted by Gasteiger charge is 2.21. The maximum atomic E-state index is 5.69. The Morgan fingerprint density at radius 3 is 2.71 bits per heavy atom. The maximum Gasteiger partial charge on any atom is 0.0472 e. The van der Waals surface area contributed by atoms with Crippen LogP contribution in [0.3, 0.4) is 0 Å². The summed E-state index contributed by atoms with van der Waals surface area (Å²) < 4.78 is 0. The Kier molecular flexibility index (Phi) is 5.59. The second-order valence-electron chi connectivity index (χ2n) is 5.24. The standard InChI is InChI=1S/C14H25N3/c1-4-12(9-15)10-16-11-14(2,3)13-7-5-6-8-17-13/h5-8,12,16H,4,9-11,15H2,1-3H3. The molecule has 0 saturated carbocycles. The van der Waals surface area contributed by atoms with Gasteiger partial charge in [0.05, 0.1) is 0 Å². The van der Waals surface area contributed by atoms with Crippen molar-refractivity contribution in [1.82, 2.24) is 10.3 Å². The minimum Gasteiger partial charge on any atom is -0.330 e. The van der Waals surface area contributed by atoms with Gasteiger partial charge < -0.3 is 11.1 Å². The van der Waals surface area contributed by atoms with Crippen LogP contribution in [-0.2, 0) is 5.41 Å². The lowest BCUT2D eigenvalue weighted by Crippen LogP contribution is -2.37. The number of aromatic nitrogens is 1. The van der Waals surface area contributed by atoms with E-state index < -0.39 is 0 Å². The predicted molar refractivity (Wildman–Crippen MR) is 73.0 cm³/mol. The smallest absolute Gasteiger partial charge is 0.0472 e. The molecule has 0 aliphatic rings. The molecule has 17 heavy (non-hydrogen) atoms. The van der Waals surface area contributed by atoms with Gasteiger partial charge in [0.15, 0.2) is 0 Å². The summed E-state index contributed by atoms with van der Waals surface area (Å²) in [5.41, 5.74) is 6.89. The van der Waals surface area contributed by atoms with E-state index in [-0.39, 0.29) is 5.41 Å². The first-order chi connectivity index (χ1) is 8.10. The van der Waals surface area contributed by atoms with Crippen LogP contribution < -0.4 is 11.1 Å². The summed E-state index contributed by atoms with van der Waals surface area (Å²) in [4.78, 5) is 4.42. The van der Waals surface area contributed by atoms with Gasteiger partial charge in [-0.2, -0.15) is 0 Å². The van der Waals surface area contributed by atoms with Gasteiger partial charge in [-0.05, 0) is 31.1 Å². The molecule has 0 fully saturated rings. The van der Waals surface area contributed by atoms with Crippen LogP contribution in [0.4, 0.5) is 0 Å². The number of hydrogen-bond acceptors (Lipinski definition) is 3. The Morgan fingerprint density at radius 1 is 1.41 bits per heavy atom. The first-order valence-electron chi connectivity index (χ1n) is 6.42. The second kappa shape index (κ2) is 6.72.